The third-order valence-corrected chi connectivity index (χ3v) is 4.42. The number of ether oxygens (including phenoxy) is 1. The number of carbonyl (C=O) groups excluding carboxylic acids is 2. The van der Waals surface area contributed by atoms with E-state index in [1.165, 1.54) is 23.1 Å². The molecule has 2 aromatic rings. The van der Waals surface area contributed by atoms with Crippen LogP contribution in [0, 0.1) is 23.0 Å². The van der Waals surface area contributed by atoms with E-state index >= 15 is 0 Å². The summed E-state index contributed by atoms with van der Waals surface area (Å²) in [5.41, 5.74) is 1.83. The number of carbonyl (C=O) groups is 2. The second-order valence-electron chi connectivity index (χ2n) is 7.03. The molecule has 0 radical (unpaired) electrons. The molecule has 0 fully saturated rings. The highest BCUT2D eigenvalue weighted by Gasteiger charge is 2.38. The fourth-order valence-electron chi connectivity index (χ4n) is 3.04. The van der Waals surface area contributed by atoms with Crippen LogP contribution >= 0.6 is 0 Å². The molecule has 0 spiro atoms. The largest absolute Gasteiger partial charge is 0.478 e. The maximum atomic E-state index is 12.9. The normalized spacial score (nSPS) is 15.8. The Kier molecular flexibility index (Phi) is 5.30. The summed E-state index contributed by atoms with van der Waals surface area (Å²) < 4.78 is 5.71. The second kappa shape index (κ2) is 7.67. The molecular weight excluding hydrogens is 362 g/mol. The van der Waals surface area contributed by atoms with Gasteiger partial charge in [0.25, 0.3) is 11.6 Å². The minimum atomic E-state index is -0.818. The summed E-state index contributed by atoms with van der Waals surface area (Å²) in [7, 11) is 0. The monoisotopic (exact) mass is 383 g/mol. The molecule has 1 N–H and O–H groups in total. The Labute approximate surface area is 162 Å². The molecule has 1 unspecified atom stereocenters. The van der Waals surface area contributed by atoms with Crippen molar-refractivity contribution < 1.29 is 19.2 Å². The van der Waals surface area contributed by atoms with Gasteiger partial charge in [-0.3, -0.25) is 24.6 Å². The van der Waals surface area contributed by atoms with Crippen molar-refractivity contribution in [3.63, 3.8) is 0 Å². The van der Waals surface area contributed by atoms with Crippen LogP contribution in [0.4, 0.5) is 17.1 Å². The first-order chi connectivity index (χ1) is 13.3. The minimum absolute atomic E-state index is 0.139. The number of hydrogen-bond acceptors (Lipinski definition) is 5. The van der Waals surface area contributed by atoms with Gasteiger partial charge in [-0.05, 0) is 36.6 Å². The molecular formula is C20H21N3O5. The van der Waals surface area contributed by atoms with Crippen molar-refractivity contribution in [2.45, 2.75) is 26.9 Å². The number of nitrogens with one attached hydrogen (secondary N) is 1. The van der Waals surface area contributed by atoms with E-state index < -0.39 is 11.0 Å². The number of hydrogen-bond donors (Lipinski definition) is 1. The number of nitro benzene ring substituents is 1. The summed E-state index contributed by atoms with van der Waals surface area (Å²) in [5.74, 6) is -0.665. The predicted octanol–water partition coefficient (Wildman–Crippen LogP) is 3.29. The molecule has 8 nitrogen and oxygen atoms in total. The van der Waals surface area contributed by atoms with Gasteiger partial charge in [0.15, 0.2) is 11.9 Å². The smallest absolute Gasteiger partial charge is 0.273 e. The van der Waals surface area contributed by atoms with Crippen LogP contribution in [-0.2, 0) is 9.59 Å². The van der Waals surface area contributed by atoms with E-state index in [1.807, 2.05) is 39.0 Å². The van der Waals surface area contributed by atoms with Gasteiger partial charge in [0.2, 0.25) is 5.91 Å². The number of nitro groups is 1. The van der Waals surface area contributed by atoms with Crippen molar-refractivity contribution in [1.29, 1.82) is 0 Å². The maximum Gasteiger partial charge on any atom is 0.273 e. The maximum absolute atomic E-state index is 12.9. The van der Waals surface area contributed by atoms with Crippen molar-refractivity contribution in [2.75, 3.05) is 16.8 Å². The summed E-state index contributed by atoms with van der Waals surface area (Å²) in [5, 5.41) is 13.8. The summed E-state index contributed by atoms with van der Waals surface area (Å²) in [4.78, 5) is 37.3. The van der Waals surface area contributed by atoms with Crippen molar-refractivity contribution in [1.82, 2.24) is 0 Å². The zero-order valence-electron chi connectivity index (χ0n) is 15.8. The molecule has 2 amide bonds. The Morgan fingerprint density at radius 3 is 2.68 bits per heavy atom. The molecule has 0 bridgehead atoms. The molecule has 0 saturated heterocycles. The fourth-order valence-corrected chi connectivity index (χ4v) is 3.04. The number of rotatable bonds is 5. The van der Waals surface area contributed by atoms with E-state index in [0.29, 0.717) is 11.4 Å². The van der Waals surface area contributed by atoms with Crippen molar-refractivity contribution in [2.24, 2.45) is 5.92 Å². The number of non-ortho nitro benzene ring substituents is 1. The SMILES string of the molecule is Cc1cccc(NC(=O)CN2C(=O)C(C(C)C)Oc3cc([N+](=O)[O-])ccc32)c1. The van der Waals surface area contributed by atoms with E-state index in [0.717, 1.165) is 5.56 Å². The lowest BCUT2D eigenvalue weighted by atomic mass is 10.0. The van der Waals surface area contributed by atoms with Gasteiger partial charge in [0.05, 0.1) is 16.7 Å². The van der Waals surface area contributed by atoms with Gasteiger partial charge < -0.3 is 10.1 Å². The second-order valence-corrected chi connectivity index (χ2v) is 7.03. The Morgan fingerprint density at radius 1 is 1.29 bits per heavy atom. The highest BCUT2D eigenvalue weighted by molar-refractivity contribution is 6.06. The highest BCUT2D eigenvalue weighted by Crippen LogP contribution is 2.38. The van der Waals surface area contributed by atoms with Crippen LogP contribution in [0.15, 0.2) is 42.5 Å². The van der Waals surface area contributed by atoms with Crippen LogP contribution in [-0.4, -0.2) is 29.4 Å². The summed E-state index contributed by atoms with van der Waals surface area (Å²) >= 11 is 0. The molecule has 1 aliphatic heterocycles. The van der Waals surface area contributed by atoms with E-state index in [9.17, 15) is 19.7 Å². The molecule has 1 heterocycles. The molecule has 1 aliphatic rings. The van der Waals surface area contributed by atoms with Gasteiger partial charge in [-0.25, -0.2) is 0 Å². The molecule has 146 valence electrons. The lowest BCUT2D eigenvalue weighted by molar-refractivity contribution is -0.384. The third-order valence-electron chi connectivity index (χ3n) is 4.42. The van der Waals surface area contributed by atoms with Crippen LogP contribution in [0.25, 0.3) is 0 Å². The Balaban J connectivity index is 1.89. The van der Waals surface area contributed by atoms with Crippen LogP contribution < -0.4 is 15.0 Å². The van der Waals surface area contributed by atoms with Gasteiger partial charge in [-0.1, -0.05) is 26.0 Å². The minimum Gasteiger partial charge on any atom is -0.478 e. The lowest BCUT2D eigenvalue weighted by Crippen LogP contribution is -2.50. The van der Waals surface area contributed by atoms with E-state index in [1.54, 1.807) is 6.07 Å². The quantitative estimate of drug-likeness (QED) is 0.630. The van der Waals surface area contributed by atoms with Crippen LogP contribution in [0.1, 0.15) is 19.4 Å². The molecule has 1 atom stereocenters. The van der Waals surface area contributed by atoms with Gasteiger partial charge in [-0.2, -0.15) is 0 Å². The lowest BCUT2D eigenvalue weighted by Gasteiger charge is -2.35. The number of benzene rings is 2. The van der Waals surface area contributed by atoms with Crippen LogP contribution in [0.3, 0.4) is 0 Å². The van der Waals surface area contributed by atoms with Gasteiger partial charge >= 0.3 is 0 Å². The first-order valence-electron chi connectivity index (χ1n) is 8.89. The van der Waals surface area contributed by atoms with Gasteiger partial charge in [-0.15, -0.1) is 0 Å². The third kappa shape index (κ3) is 3.95. The standard InChI is InChI=1S/C20H21N3O5/c1-12(2)19-20(25)22(11-18(24)21-14-6-4-5-13(3)9-14)16-8-7-15(23(26)27)10-17(16)28-19/h4-10,12,19H,11H2,1-3H3,(H,21,24). The molecule has 0 aromatic heterocycles. The average molecular weight is 383 g/mol. The van der Waals surface area contributed by atoms with Crippen molar-refractivity contribution in [3.8, 4) is 5.75 Å². The first-order valence-corrected chi connectivity index (χ1v) is 8.89. The molecule has 8 heteroatoms. The Morgan fingerprint density at radius 2 is 2.04 bits per heavy atom. The van der Waals surface area contributed by atoms with E-state index in [2.05, 4.69) is 5.32 Å². The molecule has 3 rings (SSSR count). The predicted molar refractivity (Wildman–Crippen MR) is 105 cm³/mol. The highest BCUT2D eigenvalue weighted by atomic mass is 16.6. The molecule has 0 saturated carbocycles. The van der Waals surface area contributed by atoms with Gasteiger partial charge in [0.1, 0.15) is 6.54 Å². The zero-order chi connectivity index (χ0) is 20.4. The number of aryl methyl sites for hydroxylation is 1. The zero-order valence-corrected chi connectivity index (χ0v) is 15.8. The first kappa shape index (κ1) is 19.3. The summed E-state index contributed by atoms with van der Waals surface area (Å²) in [6.45, 7) is 5.33. The topological polar surface area (TPSA) is 102 Å². The number of anilines is 2. The summed E-state index contributed by atoms with van der Waals surface area (Å²) in [6.07, 6.45) is -0.818. The molecule has 28 heavy (non-hydrogen) atoms. The summed E-state index contributed by atoms with van der Waals surface area (Å²) in [6, 6.07) is 11.3. The molecule has 2 aromatic carbocycles. The van der Waals surface area contributed by atoms with E-state index in [4.69, 9.17) is 4.74 Å². The Hall–Kier alpha value is -3.42. The molecule has 0 aliphatic carbocycles. The van der Waals surface area contributed by atoms with Gasteiger partial charge in [0, 0.05) is 11.8 Å². The Bertz CT molecular complexity index is 941. The number of fused-ring (bicyclic) bond motifs is 1. The number of nitrogens with zero attached hydrogens (tertiary/aromatic N) is 2. The van der Waals surface area contributed by atoms with Crippen LogP contribution in [0.2, 0.25) is 0 Å². The fraction of sp³-hybridized carbons (Fsp3) is 0.300. The van der Waals surface area contributed by atoms with Crippen LogP contribution in [0.5, 0.6) is 5.75 Å². The van der Waals surface area contributed by atoms with Crippen molar-refractivity contribution in [3.05, 3.63) is 58.1 Å². The average Bonchev–Trinajstić information content (AvgIpc) is 2.63. The van der Waals surface area contributed by atoms with E-state index in [-0.39, 0.29) is 35.7 Å². The van der Waals surface area contributed by atoms with Crippen molar-refractivity contribution >= 4 is 28.9 Å². The number of amides is 2.